The topological polar surface area (TPSA) is 55.8 Å². The van der Waals surface area contributed by atoms with Gasteiger partial charge in [0.15, 0.2) is 11.5 Å². The van der Waals surface area contributed by atoms with E-state index >= 15 is 0 Å². The molecule has 1 heterocycles. The molecule has 0 amide bonds. The summed E-state index contributed by atoms with van der Waals surface area (Å²) in [6.45, 7) is 0.305. The molecule has 134 valence electrons. The number of hydrogen-bond donors (Lipinski definition) is 0. The fourth-order valence-electron chi connectivity index (χ4n) is 2.89. The first kappa shape index (κ1) is 17.6. The molecule has 3 rings (SSSR count). The van der Waals surface area contributed by atoms with Crippen molar-refractivity contribution in [3.8, 4) is 11.5 Å². The van der Waals surface area contributed by atoms with Crippen LogP contribution in [0.1, 0.15) is 11.1 Å². The van der Waals surface area contributed by atoms with Crippen molar-refractivity contribution in [1.82, 2.24) is 4.31 Å². The van der Waals surface area contributed by atoms with E-state index in [-0.39, 0.29) is 13.1 Å². The Hall–Kier alpha value is -2.19. The quantitative estimate of drug-likeness (QED) is 0.832. The van der Waals surface area contributed by atoms with Gasteiger partial charge in [-0.05, 0) is 41.8 Å². The molecule has 2 aromatic carbocycles. The molecule has 0 saturated heterocycles. The molecular weight excluding hydrogens is 352 g/mol. The number of methoxy groups -OCH3 is 2. The Balaban J connectivity index is 1.96. The van der Waals surface area contributed by atoms with Crippen LogP contribution in [-0.2, 0) is 23.0 Å². The SMILES string of the molecule is COc1cc2c(cc1OC)CN(S(=O)(=O)c1cc(F)cc(F)c1)CC2. The Bertz CT molecular complexity index is 895. The Morgan fingerprint density at radius 2 is 1.48 bits per heavy atom. The van der Waals surface area contributed by atoms with E-state index in [0.29, 0.717) is 24.0 Å². The summed E-state index contributed by atoms with van der Waals surface area (Å²) in [5, 5.41) is 0. The number of ether oxygens (including phenoxy) is 2. The third kappa shape index (κ3) is 3.32. The average molecular weight is 369 g/mol. The van der Waals surface area contributed by atoms with E-state index in [1.165, 1.54) is 18.5 Å². The van der Waals surface area contributed by atoms with E-state index in [1.807, 2.05) is 6.07 Å². The minimum atomic E-state index is -4.00. The minimum absolute atomic E-state index is 0.0934. The predicted molar refractivity (Wildman–Crippen MR) is 87.2 cm³/mol. The fraction of sp³-hybridized carbons (Fsp3) is 0.294. The molecule has 0 atom stereocenters. The molecule has 2 aromatic rings. The lowest BCUT2D eigenvalue weighted by atomic mass is 10.0. The Morgan fingerprint density at radius 1 is 0.920 bits per heavy atom. The van der Waals surface area contributed by atoms with Crippen LogP contribution in [-0.4, -0.2) is 33.5 Å². The second-order valence-corrected chi connectivity index (χ2v) is 7.61. The van der Waals surface area contributed by atoms with Crippen molar-refractivity contribution in [2.75, 3.05) is 20.8 Å². The molecule has 0 unspecified atom stereocenters. The van der Waals surface area contributed by atoms with E-state index < -0.39 is 26.6 Å². The van der Waals surface area contributed by atoms with Crippen molar-refractivity contribution in [2.45, 2.75) is 17.9 Å². The maximum absolute atomic E-state index is 13.4. The average Bonchev–Trinajstić information content (AvgIpc) is 2.59. The number of rotatable bonds is 4. The van der Waals surface area contributed by atoms with Crippen LogP contribution in [0.2, 0.25) is 0 Å². The summed E-state index contributed by atoms with van der Waals surface area (Å²) in [4.78, 5) is -0.395. The molecule has 8 heteroatoms. The van der Waals surface area contributed by atoms with Gasteiger partial charge in [-0.2, -0.15) is 4.31 Å². The highest BCUT2D eigenvalue weighted by molar-refractivity contribution is 7.89. The van der Waals surface area contributed by atoms with Crippen LogP contribution in [0.4, 0.5) is 8.78 Å². The highest BCUT2D eigenvalue weighted by atomic mass is 32.2. The van der Waals surface area contributed by atoms with Crippen LogP contribution in [0, 0.1) is 11.6 Å². The zero-order valence-corrected chi connectivity index (χ0v) is 14.6. The summed E-state index contributed by atoms with van der Waals surface area (Å²) in [6.07, 6.45) is 0.465. The molecule has 0 saturated carbocycles. The van der Waals surface area contributed by atoms with E-state index in [1.54, 1.807) is 6.07 Å². The van der Waals surface area contributed by atoms with Gasteiger partial charge in [0.05, 0.1) is 19.1 Å². The lowest BCUT2D eigenvalue weighted by Gasteiger charge is -2.29. The first-order valence-electron chi connectivity index (χ1n) is 7.55. The van der Waals surface area contributed by atoms with Crippen molar-refractivity contribution >= 4 is 10.0 Å². The maximum atomic E-state index is 13.4. The van der Waals surface area contributed by atoms with Crippen LogP contribution in [0.15, 0.2) is 35.2 Å². The van der Waals surface area contributed by atoms with Crippen molar-refractivity contribution in [2.24, 2.45) is 0 Å². The molecule has 0 fully saturated rings. The maximum Gasteiger partial charge on any atom is 0.243 e. The summed E-state index contributed by atoms with van der Waals surface area (Å²) < 4.78 is 63.9. The highest BCUT2D eigenvalue weighted by Gasteiger charge is 2.30. The second kappa shape index (κ2) is 6.61. The molecule has 0 radical (unpaired) electrons. The van der Waals surface area contributed by atoms with E-state index in [9.17, 15) is 17.2 Å². The van der Waals surface area contributed by atoms with E-state index in [0.717, 1.165) is 23.3 Å². The van der Waals surface area contributed by atoms with E-state index in [2.05, 4.69) is 0 Å². The van der Waals surface area contributed by atoms with Gasteiger partial charge in [0.25, 0.3) is 0 Å². The van der Waals surface area contributed by atoms with Gasteiger partial charge < -0.3 is 9.47 Å². The van der Waals surface area contributed by atoms with Crippen molar-refractivity contribution in [3.63, 3.8) is 0 Å². The number of fused-ring (bicyclic) bond motifs is 1. The number of benzene rings is 2. The lowest BCUT2D eigenvalue weighted by Crippen LogP contribution is -2.36. The van der Waals surface area contributed by atoms with Gasteiger partial charge in [0, 0.05) is 19.2 Å². The first-order chi connectivity index (χ1) is 11.8. The number of sulfonamides is 1. The molecule has 0 aromatic heterocycles. The van der Waals surface area contributed by atoms with Gasteiger partial charge in [-0.3, -0.25) is 0 Å². The van der Waals surface area contributed by atoms with Crippen molar-refractivity contribution in [1.29, 1.82) is 0 Å². The minimum Gasteiger partial charge on any atom is -0.493 e. The zero-order valence-electron chi connectivity index (χ0n) is 13.8. The molecule has 0 N–H and O–H groups in total. The Morgan fingerprint density at radius 3 is 2.04 bits per heavy atom. The van der Waals surface area contributed by atoms with Crippen LogP contribution in [0.25, 0.3) is 0 Å². The molecule has 0 aliphatic carbocycles. The lowest BCUT2D eigenvalue weighted by molar-refractivity contribution is 0.348. The standard InChI is InChI=1S/C17H17F2NO4S/c1-23-16-5-11-3-4-20(10-12(11)6-17(16)24-2)25(21,22)15-8-13(18)7-14(19)9-15/h5-9H,3-4,10H2,1-2H3. The number of halogens is 2. The van der Waals surface area contributed by atoms with Crippen LogP contribution >= 0.6 is 0 Å². The van der Waals surface area contributed by atoms with Gasteiger partial charge in [0.2, 0.25) is 10.0 Å². The summed E-state index contributed by atoms with van der Waals surface area (Å²) in [5.41, 5.74) is 1.72. The van der Waals surface area contributed by atoms with Gasteiger partial charge >= 0.3 is 0 Å². The predicted octanol–water partition coefficient (Wildman–Crippen LogP) is 2.73. The summed E-state index contributed by atoms with van der Waals surface area (Å²) >= 11 is 0. The zero-order chi connectivity index (χ0) is 18.2. The highest BCUT2D eigenvalue weighted by Crippen LogP contribution is 2.34. The molecule has 0 spiro atoms. The first-order valence-corrected chi connectivity index (χ1v) is 8.99. The summed E-state index contributed by atoms with van der Waals surface area (Å²) in [5.74, 6) is -0.785. The van der Waals surface area contributed by atoms with Crippen molar-refractivity contribution < 1.29 is 26.7 Å². The third-order valence-electron chi connectivity index (χ3n) is 4.16. The smallest absolute Gasteiger partial charge is 0.243 e. The number of nitrogens with zero attached hydrogens (tertiary/aromatic N) is 1. The van der Waals surface area contributed by atoms with E-state index in [4.69, 9.17) is 9.47 Å². The molecule has 25 heavy (non-hydrogen) atoms. The molecular formula is C17H17F2NO4S. The van der Waals surface area contributed by atoms with Gasteiger partial charge in [-0.15, -0.1) is 0 Å². The van der Waals surface area contributed by atoms with Gasteiger partial charge in [-0.25, -0.2) is 17.2 Å². The molecule has 0 bridgehead atoms. The third-order valence-corrected chi connectivity index (χ3v) is 5.98. The van der Waals surface area contributed by atoms with Crippen LogP contribution in [0.5, 0.6) is 11.5 Å². The van der Waals surface area contributed by atoms with Crippen LogP contribution in [0.3, 0.4) is 0 Å². The van der Waals surface area contributed by atoms with Crippen molar-refractivity contribution in [3.05, 3.63) is 53.1 Å². The second-order valence-electron chi connectivity index (χ2n) is 5.67. The van der Waals surface area contributed by atoms with Crippen LogP contribution < -0.4 is 9.47 Å². The summed E-state index contributed by atoms with van der Waals surface area (Å²) in [6, 6.07) is 5.83. The van der Waals surface area contributed by atoms with Gasteiger partial charge in [0.1, 0.15) is 11.6 Å². The fourth-order valence-corrected chi connectivity index (χ4v) is 4.35. The normalized spacial score (nSPS) is 14.9. The number of hydrogen-bond acceptors (Lipinski definition) is 4. The Kier molecular flexibility index (Phi) is 4.66. The molecule has 5 nitrogen and oxygen atoms in total. The van der Waals surface area contributed by atoms with Gasteiger partial charge in [-0.1, -0.05) is 0 Å². The largest absolute Gasteiger partial charge is 0.493 e. The molecule has 1 aliphatic heterocycles. The monoisotopic (exact) mass is 369 g/mol. The Labute approximate surface area is 144 Å². The summed E-state index contributed by atoms with van der Waals surface area (Å²) in [7, 11) is -0.977. The molecule has 1 aliphatic rings.